The average molecular weight is 435 g/mol. The lowest BCUT2D eigenvalue weighted by Crippen LogP contribution is -2.45. The quantitative estimate of drug-likeness (QED) is 0.585. The molecule has 2 heterocycles. The fraction of sp³-hybridized carbons (Fsp3) is 0.571. The van der Waals surface area contributed by atoms with Crippen LogP contribution in [0, 0.1) is 0 Å². The Kier molecular flexibility index (Phi) is 5.65. The first-order chi connectivity index (χ1) is 12.7. The minimum Gasteiger partial charge on any atom is -0.376 e. The molecule has 0 atom stereocenters. The average Bonchev–Trinajstić information content (AvgIpc) is 2.90. The molecule has 0 N–H and O–H groups in total. The predicted molar refractivity (Wildman–Crippen MR) is 112 cm³/mol. The van der Waals surface area contributed by atoms with Crippen LogP contribution in [0.25, 0.3) is 0 Å². The molecule has 4 rings (SSSR count). The van der Waals surface area contributed by atoms with Gasteiger partial charge in [0.05, 0.1) is 9.78 Å². The Morgan fingerprint density at radius 1 is 1.00 bits per heavy atom. The number of benzene rings is 1. The van der Waals surface area contributed by atoms with Crippen LogP contribution in [-0.2, 0) is 11.3 Å². The number of amides is 1. The lowest BCUT2D eigenvalue weighted by Gasteiger charge is -2.40. The van der Waals surface area contributed by atoms with E-state index in [1.54, 1.807) is 0 Å². The molecule has 1 amide bonds. The molecule has 1 spiro atoms. The molecule has 2 saturated heterocycles. The Morgan fingerprint density at radius 2 is 1.65 bits per heavy atom. The van der Waals surface area contributed by atoms with Gasteiger partial charge < -0.3 is 9.80 Å². The van der Waals surface area contributed by atoms with Crippen LogP contribution in [0.3, 0.4) is 0 Å². The summed E-state index contributed by atoms with van der Waals surface area (Å²) in [5.74, 6) is 0.241. The fourth-order valence-corrected chi connectivity index (χ4v) is 6.20. The summed E-state index contributed by atoms with van der Waals surface area (Å²) >= 11 is 5.36. The summed E-state index contributed by atoms with van der Waals surface area (Å²) in [5, 5.41) is 0. The van der Waals surface area contributed by atoms with Crippen LogP contribution < -0.4 is 0 Å². The number of likely N-dealkylation sites (tertiary alicyclic amines) is 1. The number of thioether (sulfide) groups is 1. The molecule has 1 saturated carbocycles. The summed E-state index contributed by atoms with van der Waals surface area (Å²) in [4.78, 5) is 18.8. The second-order valence-electron chi connectivity index (χ2n) is 7.72. The molecule has 0 bridgehead atoms. The third-order valence-electron chi connectivity index (χ3n) is 5.83. The number of rotatable bonds is 3. The highest BCUT2D eigenvalue weighted by Gasteiger charge is 2.49. The van der Waals surface area contributed by atoms with E-state index < -0.39 is 0 Å². The van der Waals surface area contributed by atoms with Crippen molar-refractivity contribution in [2.75, 3.05) is 13.1 Å². The number of hydrogen-bond donors (Lipinski definition) is 0. The maximum absolute atomic E-state index is 13.3. The standard InChI is InChI=1S/C21H27BrN2OS/c22-18-9-7-17(8-10-18)15-24-20(25)19(16-23-13-5-2-6-14-23)26-21(24)11-3-1-4-12-21/h7-10,16H,1-6,11-15H2/b19-16-. The Labute approximate surface area is 169 Å². The van der Waals surface area contributed by atoms with Crippen LogP contribution >= 0.6 is 27.7 Å². The molecular formula is C21H27BrN2OS. The largest absolute Gasteiger partial charge is 0.376 e. The van der Waals surface area contributed by atoms with Crippen LogP contribution in [0.1, 0.15) is 56.9 Å². The number of piperidine rings is 1. The summed E-state index contributed by atoms with van der Waals surface area (Å²) in [5.41, 5.74) is 1.21. The molecule has 3 fully saturated rings. The number of nitrogens with zero attached hydrogens (tertiary/aromatic N) is 2. The molecule has 26 heavy (non-hydrogen) atoms. The van der Waals surface area contributed by atoms with Crippen molar-refractivity contribution in [1.29, 1.82) is 0 Å². The zero-order chi connectivity index (χ0) is 18.0. The van der Waals surface area contributed by atoms with E-state index in [0.717, 1.165) is 41.9 Å². The molecule has 140 valence electrons. The third-order valence-corrected chi connectivity index (χ3v) is 7.86. The smallest absolute Gasteiger partial charge is 0.263 e. The van der Waals surface area contributed by atoms with Gasteiger partial charge in [0.15, 0.2) is 0 Å². The second kappa shape index (κ2) is 7.97. The van der Waals surface area contributed by atoms with Crippen LogP contribution in [0.4, 0.5) is 0 Å². The first-order valence-corrected chi connectivity index (χ1v) is 11.5. The van der Waals surface area contributed by atoms with Crippen molar-refractivity contribution in [3.63, 3.8) is 0 Å². The van der Waals surface area contributed by atoms with Gasteiger partial charge in [-0.15, -0.1) is 0 Å². The molecule has 5 heteroatoms. The maximum Gasteiger partial charge on any atom is 0.263 e. The van der Waals surface area contributed by atoms with Crippen molar-refractivity contribution in [2.45, 2.75) is 62.8 Å². The highest BCUT2D eigenvalue weighted by Crippen LogP contribution is 2.52. The van der Waals surface area contributed by atoms with E-state index in [2.05, 4.69) is 56.2 Å². The Balaban J connectivity index is 1.59. The number of hydrogen-bond acceptors (Lipinski definition) is 3. The van der Waals surface area contributed by atoms with Crippen molar-refractivity contribution in [2.24, 2.45) is 0 Å². The van der Waals surface area contributed by atoms with E-state index in [-0.39, 0.29) is 10.8 Å². The van der Waals surface area contributed by atoms with E-state index in [0.29, 0.717) is 0 Å². The maximum atomic E-state index is 13.3. The Bertz CT molecular complexity index is 676. The first kappa shape index (κ1) is 18.4. The van der Waals surface area contributed by atoms with Gasteiger partial charge in [-0.1, -0.05) is 59.1 Å². The van der Waals surface area contributed by atoms with E-state index in [9.17, 15) is 4.79 Å². The first-order valence-electron chi connectivity index (χ1n) is 9.88. The number of carbonyl (C=O) groups excluding carboxylic acids is 1. The van der Waals surface area contributed by atoms with Gasteiger partial charge in [-0.2, -0.15) is 0 Å². The number of carbonyl (C=O) groups is 1. The normalized spacial score (nSPS) is 24.7. The summed E-state index contributed by atoms with van der Waals surface area (Å²) in [6, 6.07) is 8.40. The Morgan fingerprint density at radius 3 is 2.35 bits per heavy atom. The zero-order valence-corrected chi connectivity index (χ0v) is 17.7. The van der Waals surface area contributed by atoms with Crippen LogP contribution in [0.5, 0.6) is 0 Å². The third kappa shape index (κ3) is 3.84. The van der Waals surface area contributed by atoms with Gasteiger partial charge in [0.25, 0.3) is 5.91 Å². The second-order valence-corrected chi connectivity index (χ2v) is 10.0. The fourth-order valence-electron chi connectivity index (χ4n) is 4.38. The van der Waals surface area contributed by atoms with Gasteiger partial charge in [0, 0.05) is 30.3 Å². The SMILES string of the molecule is O=C1/C(=C/N2CCCCC2)SC2(CCCCC2)N1Cc1ccc(Br)cc1. The topological polar surface area (TPSA) is 23.6 Å². The highest BCUT2D eigenvalue weighted by molar-refractivity contribution is 9.10. The minimum absolute atomic E-state index is 0.0238. The molecule has 3 nitrogen and oxygen atoms in total. The van der Waals surface area contributed by atoms with Gasteiger partial charge in [-0.05, 0) is 49.8 Å². The summed E-state index contributed by atoms with van der Waals surface area (Å²) < 4.78 is 1.08. The lowest BCUT2D eigenvalue weighted by molar-refractivity contribution is -0.130. The van der Waals surface area contributed by atoms with Crippen LogP contribution in [-0.4, -0.2) is 33.7 Å². The highest BCUT2D eigenvalue weighted by atomic mass is 79.9. The Hall–Kier alpha value is -0.940. The minimum atomic E-state index is -0.0238. The summed E-state index contributed by atoms with van der Waals surface area (Å²) in [6.45, 7) is 2.91. The van der Waals surface area contributed by atoms with Crippen LogP contribution in [0.2, 0.25) is 0 Å². The molecule has 2 aliphatic heterocycles. The molecule has 0 unspecified atom stereocenters. The molecule has 1 aliphatic carbocycles. The van der Waals surface area contributed by atoms with Gasteiger partial charge in [-0.25, -0.2) is 0 Å². The van der Waals surface area contributed by atoms with Gasteiger partial charge in [-0.3, -0.25) is 4.79 Å². The van der Waals surface area contributed by atoms with Gasteiger partial charge in [0.2, 0.25) is 0 Å². The molecular weight excluding hydrogens is 408 g/mol. The van der Waals surface area contributed by atoms with Crippen molar-refractivity contribution < 1.29 is 4.79 Å². The van der Waals surface area contributed by atoms with Gasteiger partial charge >= 0.3 is 0 Å². The molecule has 0 radical (unpaired) electrons. The van der Waals surface area contributed by atoms with Crippen molar-refractivity contribution in [1.82, 2.24) is 9.80 Å². The monoisotopic (exact) mass is 434 g/mol. The van der Waals surface area contributed by atoms with Crippen molar-refractivity contribution in [3.05, 3.63) is 45.4 Å². The van der Waals surface area contributed by atoms with Crippen molar-refractivity contribution in [3.8, 4) is 0 Å². The van der Waals surface area contributed by atoms with E-state index in [4.69, 9.17) is 0 Å². The summed E-state index contributed by atoms with van der Waals surface area (Å²) in [7, 11) is 0. The molecule has 1 aromatic carbocycles. The zero-order valence-electron chi connectivity index (χ0n) is 15.3. The van der Waals surface area contributed by atoms with Crippen LogP contribution in [0.15, 0.2) is 39.8 Å². The molecule has 1 aromatic rings. The summed E-state index contributed by atoms with van der Waals surface area (Å²) in [6.07, 6.45) is 12.0. The van der Waals surface area contributed by atoms with E-state index in [1.807, 2.05) is 11.8 Å². The lowest BCUT2D eigenvalue weighted by atomic mass is 9.93. The number of halogens is 1. The van der Waals surface area contributed by atoms with E-state index in [1.165, 1.54) is 44.1 Å². The predicted octanol–water partition coefficient (Wildman–Crippen LogP) is 5.51. The van der Waals surface area contributed by atoms with Crippen molar-refractivity contribution >= 4 is 33.6 Å². The van der Waals surface area contributed by atoms with Gasteiger partial charge in [0.1, 0.15) is 0 Å². The molecule has 3 aliphatic rings. The molecule has 0 aromatic heterocycles. The van der Waals surface area contributed by atoms with E-state index >= 15 is 0 Å².